The van der Waals surface area contributed by atoms with Gasteiger partial charge < -0.3 is 19.9 Å². The first kappa shape index (κ1) is 12.3. The average molecular weight is 271 g/mol. The number of anilines is 1. The van der Waals surface area contributed by atoms with Crippen LogP contribution in [0.3, 0.4) is 0 Å². The summed E-state index contributed by atoms with van der Waals surface area (Å²) in [6.45, 7) is 0.135. The SMILES string of the molecule is Nc1cccc(OCC(=O)c2ccc3c(c2)OCO3)c1. The number of rotatable bonds is 4. The van der Waals surface area contributed by atoms with E-state index in [0.29, 0.717) is 28.5 Å². The van der Waals surface area contributed by atoms with Gasteiger partial charge in [0.25, 0.3) is 0 Å². The Morgan fingerprint density at radius 1 is 1.15 bits per heavy atom. The van der Waals surface area contributed by atoms with E-state index in [-0.39, 0.29) is 19.2 Å². The van der Waals surface area contributed by atoms with Gasteiger partial charge in [0, 0.05) is 17.3 Å². The minimum absolute atomic E-state index is 0.0525. The molecule has 0 unspecified atom stereocenters. The fourth-order valence-corrected chi connectivity index (χ4v) is 1.91. The standard InChI is InChI=1S/C15H13NO4/c16-11-2-1-3-12(7-11)18-8-13(17)10-4-5-14-15(6-10)20-9-19-14/h1-7H,8-9,16H2. The molecule has 3 rings (SSSR count). The minimum atomic E-state index is -0.134. The number of carbonyl (C=O) groups excluding carboxylic acids is 1. The fraction of sp³-hybridized carbons (Fsp3) is 0.133. The Bertz CT molecular complexity index is 654. The second kappa shape index (κ2) is 5.13. The van der Waals surface area contributed by atoms with Gasteiger partial charge in [0.15, 0.2) is 23.9 Å². The van der Waals surface area contributed by atoms with Gasteiger partial charge in [-0.1, -0.05) is 6.07 Å². The van der Waals surface area contributed by atoms with Crippen molar-refractivity contribution >= 4 is 11.5 Å². The number of carbonyl (C=O) groups is 1. The molecule has 1 aliphatic rings. The maximum absolute atomic E-state index is 12.1. The van der Waals surface area contributed by atoms with Crippen molar-refractivity contribution in [2.24, 2.45) is 0 Å². The van der Waals surface area contributed by atoms with Gasteiger partial charge >= 0.3 is 0 Å². The molecule has 0 aliphatic carbocycles. The zero-order chi connectivity index (χ0) is 13.9. The molecule has 0 aromatic heterocycles. The molecule has 1 heterocycles. The highest BCUT2D eigenvalue weighted by atomic mass is 16.7. The molecule has 2 aromatic rings. The lowest BCUT2D eigenvalue weighted by Gasteiger charge is -2.06. The fourth-order valence-electron chi connectivity index (χ4n) is 1.91. The second-order valence-electron chi connectivity index (χ2n) is 4.35. The van der Waals surface area contributed by atoms with Crippen LogP contribution in [0.25, 0.3) is 0 Å². The van der Waals surface area contributed by atoms with Gasteiger partial charge in [-0.2, -0.15) is 0 Å². The first-order valence-corrected chi connectivity index (χ1v) is 6.13. The molecule has 0 fully saturated rings. The number of Topliss-reactive ketones (excluding diaryl/α,β-unsaturated/α-hetero) is 1. The summed E-state index contributed by atoms with van der Waals surface area (Å²) >= 11 is 0. The van der Waals surface area contributed by atoms with Crippen molar-refractivity contribution < 1.29 is 19.0 Å². The highest BCUT2D eigenvalue weighted by Crippen LogP contribution is 2.32. The summed E-state index contributed by atoms with van der Waals surface area (Å²) in [4.78, 5) is 12.1. The van der Waals surface area contributed by atoms with Crippen LogP contribution < -0.4 is 19.9 Å². The zero-order valence-electron chi connectivity index (χ0n) is 10.7. The lowest BCUT2D eigenvalue weighted by atomic mass is 10.1. The van der Waals surface area contributed by atoms with Gasteiger partial charge in [-0.25, -0.2) is 0 Å². The lowest BCUT2D eigenvalue weighted by molar-refractivity contribution is 0.0921. The number of fused-ring (bicyclic) bond motifs is 1. The number of hydrogen-bond donors (Lipinski definition) is 1. The van der Waals surface area contributed by atoms with Crippen LogP contribution in [0, 0.1) is 0 Å². The Balaban J connectivity index is 1.67. The topological polar surface area (TPSA) is 70.8 Å². The molecule has 2 aromatic carbocycles. The average Bonchev–Trinajstić information content (AvgIpc) is 2.92. The third-order valence-corrected chi connectivity index (χ3v) is 2.92. The van der Waals surface area contributed by atoms with E-state index >= 15 is 0 Å². The van der Waals surface area contributed by atoms with Gasteiger partial charge in [-0.3, -0.25) is 4.79 Å². The molecule has 0 bridgehead atoms. The summed E-state index contributed by atoms with van der Waals surface area (Å²) in [6, 6.07) is 12.0. The normalized spacial score (nSPS) is 12.2. The van der Waals surface area contributed by atoms with Crippen LogP contribution in [0.4, 0.5) is 5.69 Å². The first-order valence-electron chi connectivity index (χ1n) is 6.13. The highest BCUT2D eigenvalue weighted by molar-refractivity contribution is 5.97. The first-order chi connectivity index (χ1) is 9.72. The molecule has 0 atom stereocenters. The lowest BCUT2D eigenvalue weighted by Crippen LogP contribution is -2.11. The number of ketones is 1. The third-order valence-electron chi connectivity index (χ3n) is 2.92. The summed E-state index contributed by atoms with van der Waals surface area (Å²) in [6.07, 6.45) is 0. The molecule has 0 amide bonds. The summed E-state index contributed by atoms with van der Waals surface area (Å²) in [5.41, 5.74) is 6.76. The van der Waals surface area contributed by atoms with E-state index in [2.05, 4.69) is 0 Å². The molecule has 20 heavy (non-hydrogen) atoms. The van der Waals surface area contributed by atoms with Crippen LogP contribution in [0.15, 0.2) is 42.5 Å². The smallest absolute Gasteiger partial charge is 0.231 e. The Kier molecular flexibility index (Phi) is 3.16. The molecule has 0 spiro atoms. The molecule has 1 aliphatic heterocycles. The molecule has 0 saturated heterocycles. The van der Waals surface area contributed by atoms with Crippen LogP contribution in [-0.4, -0.2) is 19.2 Å². The predicted octanol–water partition coefficient (Wildman–Crippen LogP) is 2.26. The van der Waals surface area contributed by atoms with E-state index in [1.807, 2.05) is 0 Å². The van der Waals surface area contributed by atoms with E-state index in [1.54, 1.807) is 42.5 Å². The van der Waals surface area contributed by atoms with Crippen LogP contribution in [0.2, 0.25) is 0 Å². The molecular formula is C15H13NO4. The number of nitrogen functional groups attached to an aromatic ring is 1. The largest absolute Gasteiger partial charge is 0.485 e. The van der Waals surface area contributed by atoms with Crippen LogP contribution in [-0.2, 0) is 0 Å². The van der Waals surface area contributed by atoms with Crippen molar-refractivity contribution in [2.75, 3.05) is 19.1 Å². The van der Waals surface area contributed by atoms with Gasteiger partial charge in [-0.05, 0) is 30.3 Å². The van der Waals surface area contributed by atoms with Gasteiger partial charge in [-0.15, -0.1) is 0 Å². The van der Waals surface area contributed by atoms with E-state index < -0.39 is 0 Å². The van der Waals surface area contributed by atoms with E-state index in [9.17, 15) is 4.79 Å². The van der Waals surface area contributed by atoms with Crippen molar-refractivity contribution in [3.8, 4) is 17.2 Å². The Morgan fingerprint density at radius 2 is 2.00 bits per heavy atom. The highest BCUT2D eigenvalue weighted by Gasteiger charge is 2.16. The summed E-state index contributed by atoms with van der Waals surface area (Å²) in [5, 5.41) is 0. The van der Waals surface area contributed by atoms with Gasteiger partial charge in [0.2, 0.25) is 6.79 Å². The van der Waals surface area contributed by atoms with Gasteiger partial charge in [0.05, 0.1) is 0 Å². The summed E-state index contributed by atoms with van der Waals surface area (Å²) < 4.78 is 15.9. The number of nitrogens with two attached hydrogens (primary N) is 1. The van der Waals surface area contributed by atoms with Crippen molar-refractivity contribution in [3.63, 3.8) is 0 Å². The molecule has 5 nitrogen and oxygen atoms in total. The van der Waals surface area contributed by atoms with E-state index in [1.165, 1.54) is 0 Å². The summed E-state index contributed by atoms with van der Waals surface area (Å²) in [7, 11) is 0. The quantitative estimate of drug-likeness (QED) is 0.682. The molecule has 5 heteroatoms. The van der Waals surface area contributed by atoms with E-state index in [4.69, 9.17) is 19.9 Å². The third kappa shape index (κ3) is 2.51. The van der Waals surface area contributed by atoms with Crippen molar-refractivity contribution in [1.29, 1.82) is 0 Å². The molecule has 0 radical (unpaired) electrons. The van der Waals surface area contributed by atoms with Crippen LogP contribution >= 0.6 is 0 Å². The van der Waals surface area contributed by atoms with Crippen molar-refractivity contribution in [2.45, 2.75) is 0 Å². The Labute approximate surface area is 115 Å². The minimum Gasteiger partial charge on any atom is -0.485 e. The number of ether oxygens (including phenoxy) is 3. The molecule has 102 valence electrons. The maximum atomic E-state index is 12.1. The number of benzene rings is 2. The monoisotopic (exact) mass is 271 g/mol. The van der Waals surface area contributed by atoms with Gasteiger partial charge in [0.1, 0.15) is 5.75 Å². The van der Waals surface area contributed by atoms with Crippen molar-refractivity contribution in [3.05, 3.63) is 48.0 Å². The predicted molar refractivity (Wildman–Crippen MR) is 73.2 cm³/mol. The number of hydrogen-bond acceptors (Lipinski definition) is 5. The second-order valence-corrected chi connectivity index (χ2v) is 4.35. The van der Waals surface area contributed by atoms with Crippen LogP contribution in [0.1, 0.15) is 10.4 Å². The van der Waals surface area contributed by atoms with Crippen molar-refractivity contribution in [1.82, 2.24) is 0 Å². The molecule has 2 N–H and O–H groups in total. The van der Waals surface area contributed by atoms with Crippen LogP contribution in [0.5, 0.6) is 17.2 Å². The Hall–Kier alpha value is -2.69. The summed E-state index contributed by atoms with van der Waals surface area (Å²) in [5.74, 6) is 1.67. The maximum Gasteiger partial charge on any atom is 0.231 e. The molecular weight excluding hydrogens is 258 g/mol. The Morgan fingerprint density at radius 3 is 2.85 bits per heavy atom. The molecule has 0 saturated carbocycles. The van der Waals surface area contributed by atoms with E-state index in [0.717, 1.165) is 0 Å². The zero-order valence-corrected chi connectivity index (χ0v) is 10.7.